The van der Waals surface area contributed by atoms with Crippen LogP contribution in [0.1, 0.15) is 18.9 Å². The number of rotatable bonds is 10. The minimum Gasteiger partial charge on any atom is -0.357 e. The van der Waals surface area contributed by atoms with E-state index >= 15 is 0 Å². The molecule has 0 aliphatic carbocycles. The van der Waals surface area contributed by atoms with Gasteiger partial charge in [-0.25, -0.2) is 8.42 Å². The summed E-state index contributed by atoms with van der Waals surface area (Å²) in [4.78, 5) is 27.0. The molecular weight excluding hydrogens is 438 g/mol. The lowest BCUT2D eigenvalue weighted by molar-refractivity contribution is -0.140. The normalized spacial score (nSPS) is 12.4. The molecule has 2 amide bonds. The van der Waals surface area contributed by atoms with E-state index in [4.69, 9.17) is 11.6 Å². The van der Waals surface area contributed by atoms with Gasteiger partial charge in [0, 0.05) is 25.7 Å². The average Bonchev–Trinajstić information content (AvgIpc) is 2.76. The summed E-state index contributed by atoms with van der Waals surface area (Å²) < 4.78 is 26.7. The van der Waals surface area contributed by atoms with E-state index in [-0.39, 0.29) is 17.3 Å². The number of halogens is 1. The van der Waals surface area contributed by atoms with Crippen molar-refractivity contribution in [2.24, 2.45) is 0 Å². The lowest BCUT2D eigenvalue weighted by Gasteiger charge is -2.31. The van der Waals surface area contributed by atoms with Gasteiger partial charge in [-0.15, -0.1) is 0 Å². The SMILES string of the molecule is CCC(C(=O)NC)N(CCc1ccccc1)C(=O)CN(C)S(=O)(=O)c1ccc(Cl)cc1. The molecule has 0 heterocycles. The molecule has 0 radical (unpaired) electrons. The van der Waals surface area contributed by atoms with Crippen LogP contribution in [0.4, 0.5) is 0 Å². The van der Waals surface area contributed by atoms with Crippen LogP contribution in [0.25, 0.3) is 0 Å². The lowest BCUT2D eigenvalue weighted by Crippen LogP contribution is -2.52. The number of hydrogen-bond acceptors (Lipinski definition) is 4. The van der Waals surface area contributed by atoms with Crippen LogP contribution in [-0.4, -0.2) is 62.7 Å². The second-order valence-electron chi connectivity index (χ2n) is 7.08. The molecule has 1 unspecified atom stereocenters. The highest BCUT2D eigenvalue weighted by atomic mass is 35.5. The van der Waals surface area contributed by atoms with Crippen LogP contribution in [0.2, 0.25) is 5.02 Å². The Bertz CT molecular complexity index is 982. The molecule has 7 nitrogen and oxygen atoms in total. The molecule has 2 aromatic carbocycles. The minimum atomic E-state index is -3.88. The Balaban J connectivity index is 2.22. The first kappa shape index (κ1) is 24.8. The number of nitrogens with one attached hydrogen (secondary N) is 1. The van der Waals surface area contributed by atoms with Crippen LogP contribution in [0, 0.1) is 0 Å². The number of carbonyl (C=O) groups is 2. The fraction of sp³-hybridized carbons (Fsp3) is 0.364. The van der Waals surface area contributed by atoms with Crippen LogP contribution < -0.4 is 5.32 Å². The van der Waals surface area contributed by atoms with Crippen molar-refractivity contribution in [2.75, 3.05) is 27.2 Å². The van der Waals surface area contributed by atoms with Gasteiger partial charge in [0.15, 0.2) is 0 Å². The monoisotopic (exact) mass is 465 g/mol. The van der Waals surface area contributed by atoms with E-state index in [2.05, 4.69) is 5.32 Å². The molecule has 0 aliphatic rings. The van der Waals surface area contributed by atoms with E-state index < -0.39 is 22.0 Å². The molecule has 0 fully saturated rings. The summed E-state index contributed by atoms with van der Waals surface area (Å²) >= 11 is 5.84. The van der Waals surface area contributed by atoms with Crippen molar-refractivity contribution >= 4 is 33.4 Å². The molecule has 168 valence electrons. The van der Waals surface area contributed by atoms with Crippen molar-refractivity contribution in [3.63, 3.8) is 0 Å². The molecule has 0 aromatic heterocycles. The van der Waals surface area contributed by atoms with Crippen molar-refractivity contribution in [1.29, 1.82) is 0 Å². The van der Waals surface area contributed by atoms with Crippen LogP contribution in [0.3, 0.4) is 0 Å². The van der Waals surface area contributed by atoms with Gasteiger partial charge in [-0.05, 0) is 42.7 Å². The number of likely N-dealkylation sites (N-methyl/N-ethyl adjacent to an activating group) is 2. The predicted octanol–water partition coefficient (Wildman–Crippen LogP) is 2.56. The number of hydrogen-bond donors (Lipinski definition) is 1. The summed E-state index contributed by atoms with van der Waals surface area (Å²) in [7, 11) is -1.02. The number of carbonyl (C=O) groups excluding carboxylic acids is 2. The molecule has 1 N–H and O–H groups in total. The molecule has 1 atom stereocenters. The third-order valence-corrected chi connectivity index (χ3v) is 7.07. The molecule has 0 saturated heterocycles. The summed E-state index contributed by atoms with van der Waals surface area (Å²) in [6.07, 6.45) is 0.960. The summed E-state index contributed by atoms with van der Waals surface area (Å²) in [6, 6.07) is 14.7. The summed E-state index contributed by atoms with van der Waals surface area (Å²) in [5.41, 5.74) is 1.02. The van der Waals surface area contributed by atoms with E-state index in [0.717, 1.165) is 9.87 Å². The maximum Gasteiger partial charge on any atom is 0.243 e. The van der Waals surface area contributed by atoms with E-state index in [1.807, 2.05) is 37.3 Å². The van der Waals surface area contributed by atoms with Crippen molar-refractivity contribution in [3.8, 4) is 0 Å². The molecule has 0 aliphatic heterocycles. The Morgan fingerprint density at radius 1 is 1.06 bits per heavy atom. The van der Waals surface area contributed by atoms with Gasteiger partial charge in [-0.3, -0.25) is 9.59 Å². The second-order valence-corrected chi connectivity index (χ2v) is 9.56. The summed E-state index contributed by atoms with van der Waals surface area (Å²) in [5, 5.41) is 3.00. The summed E-state index contributed by atoms with van der Waals surface area (Å²) in [6.45, 7) is 1.73. The van der Waals surface area contributed by atoms with E-state index in [1.54, 1.807) is 0 Å². The van der Waals surface area contributed by atoms with Crippen LogP contribution >= 0.6 is 11.6 Å². The van der Waals surface area contributed by atoms with Gasteiger partial charge in [0.25, 0.3) is 0 Å². The number of benzene rings is 2. The molecule has 2 aromatic rings. The predicted molar refractivity (Wildman–Crippen MR) is 121 cm³/mol. The van der Waals surface area contributed by atoms with Gasteiger partial charge in [0.2, 0.25) is 21.8 Å². The Morgan fingerprint density at radius 2 is 1.68 bits per heavy atom. The zero-order valence-electron chi connectivity index (χ0n) is 17.9. The molecule has 2 rings (SSSR count). The highest BCUT2D eigenvalue weighted by Gasteiger charge is 2.31. The van der Waals surface area contributed by atoms with Crippen molar-refractivity contribution in [2.45, 2.75) is 30.7 Å². The molecule has 0 bridgehead atoms. The van der Waals surface area contributed by atoms with E-state index in [0.29, 0.717) is 24.4 Å². The Morgan fingerprint density at radius 3 is 2.23 bits per heavy atom. The fourth-order valence-electron chi connectivity index (χ4n) is 3.22. The Kier molecular flexibility index (Phi) is 9.03. The van der Waals surface area contributed by atoms with Crippen LogP contribution in [0.15, 0.2) is 59.5 Å². The molecule has 0 spiro atoms. The van der Waals surface area contributed by atoms with Gasteiger partial charge in [-0.2, -0.15) is 4.31 Å². The highest BCUT2D eigenvalue weighted by molar-refractivity contribution is 7.89. The van der Waals surface area contributed by atoms with Crippen molar-refractivity contribution < 1.29 is 18.0 Å². The quantitative estimate of drug-likeness (QED) is 0.584. The average molecular weight is 466 g/mol. The van der Waals surface area contributed by atoms with Gasteiger partial charge >= 0.3 is 0 Å². The third kappa shape index (κ3) is 6.53. The van der Waals surface area contributed by atoms with Crippen molar-refractivity contribution in [3.05, 3.63) is 65.2 Å². The first-order chi connectivity index (χ1) is 14.7. The van der Waals surface area contributed by atoms with Gasteiger partial charge in [0.1, 0.15) is 6.04 Å². The second kappa shape index (κ2) is 11.3. The summed E-state index contributed by atoms with van der Waals surface area (Å²) in [5.74, 6) is -0.724. The first-order valence-electron chi connectivity index (χ1n) is 9.97. The maximum atomic E-state index is 13.1. The Hall–Kier alpha value is -2.42. The largest absolute Gasteiger partial charge is 0.357 e. The van der Waals surface area contributed by atoms with Crippen LogP contribution in [-0.2, 0) is 26.0 Å². The van der Waals surface area contributed by atoms with Gasteiger partial charge < -0.3 is 10.2 Å². The number of amides is 2. The van der Waals surface area contributed by atoms with Gasteiger partial charge in [0.05, 0.1) is 11.4 Å². The molecule has 9 heteroatoms. The number of nitrogens with zero attached hydrogens (tertiary/aromatic N) is 2. The lowest BCUT2D eigenvalue weighted by atomic mass is 10.1. The Labute approximate surface area is 189 Å². The molecule has 0 saturated carbocycles. The fourth-order valence-corrected chi connectivity index (χ4v) is 4.46. The smallest absolute Gasteiger partial charge is 0.243 e. The topological polar surface area (TPSA) is 86.8 Å². The number of sulfonamides is 1. The van der Waals surface area contributed by atoms with E-state index in [9.17, 15) is 18.0 Å². The molecule has 31 heavy (non-hydrogen) atoms. The van der Waals surface area contributed by atoms with Crippen molar-refractivity contribution in [1.82, 2.24) is 14.5 Å². The molecular formula is C22H28ClN3O4S. The third-order valence-electron chi connectivity index (χ3n) is 5.00. The standard InChI is InChI=1S/C22H28ClN3O4S/c1-4-20(22(28)24-2)26(15-14-17-8-6-5-7-9-17)21(27)16-25(3)31(29,30)19-12-10-18(23)11-13-19/h5-13,20H,4,14-16H2,1-3H3,(H,24,28). The minimum absolute atomic E-state index is 0.0429. The maximum absolute atomic E-state index is 13.1. The first-order valence-corrected chi connectivity index (χ1v) is 11.8. The zero-order chi connectivity index (χ0) is 23.0. The van der Waals surface area contributed by atoms with E-state index in [1.165, 1.54) is 43.3 Å². The highest BCUT2D eigenvalue weighted by Crippen LogP contribution is 2.18. The van der Waals surface area contributed by atoms with Crippen LogP contribution in [0.5, 0.6) is 0 Å². The van der Waals surface area contributed by atoms with Gasteiger partial charge in [-0.1, -0.05) is 48.9 Å². The zero-order valence-corrected chi connectivity index (χ0v) is 19.5.